The number of pyridine rings is 1. The minimum atomic E-state index is -0.417. The quantitative estimate of drug-likeness (QED) is 0.185. The van der Waals surface area contributed by atoms with Crippen LogP contribution in [0.5, 0.6) is 0 Å². The van der Waals surface area contributed by atoms with Crippen LogP contribution in [0.3, 0.4) is 0 Å². The molecule has 4 rings (SSSR count). The number of rotatable bonds is 2. The maximum absolute atomic E-state index is 11.5. The first kappa shape index (κ1) is 27.0. The van der Waals surface area contributed by atoms with Crippen molar-refractivity contribution in [1.82, 2.24) is 4.98 Å². The number of aryl methyl sites for hydroxylation is 2. The summed E-state index contributed by atoms with van der Waals surface area (Å²) < 4.78 is 6.10. The maximum atomic E-state index is 11.5. The molecule has 2 heterocycles. The Morgan fingerprint density at radius 1 is 1.06 bits per heavy atom. The molecule has 179 valence electrons. The van der Waals surface area contributed by atoms with E-state index in [4.69, 9.17) is 4.42 Å². The third kappa shape index (κ3) is 6.65. The molecule has 2 aromatic heterocycles. The zero-order valence-corrected chi connectivity index (χ0v) is 22.8. The summed E-state index contributed by atoms with van der Waals surface area (Å²) in [4.78, 5) is 15.9. The zero-order chi connectivity index (χ0) is 23.5. The molecule has 0 bridgehead atoms. The van der Waals surface area contributed by atoms with E-state index in [2.05, 4.69) is 17.1 Å². The minimum Gasteiger partial charge on any atom is -0.512 e. The average Bonchev–Trinajstić information content (AvgIpc) is 3.12. The Kier molecular flexibility index (Phi) is 8.84. The molecule has 4 nitrogen and oxygen atoms in total. The number of aliphatic hydroxyl groups excluding tert-OH is 1. The maximum Gasteiger partial charge on any atom is 0.164 e. The van der Waals surface area contributed by atoms with Gasteiger partial charge < -0.3 is 14.5 Å². The van der Waals surface area contributed by atoms with E-state index >= 15 is 0 Å². The van der Waals surface area contributed by atoms with E-state index in [1.807, 2.05) is 72.0 Å². The van der Waals surface area contributed by atoms with Gasteiger partial charge in [-0.1, -0.05) is 64.6 Å². The van der Waals surface area contributed by atoms with E-state index in [9.17, 15) is 9.90 Å². The van der Waals surface area contributed by atoms with Crippen molar-refractivity contribution in [2.45, 2.75) is 67.2 Å². The van der Waals surface area contributed by atoms with E-state index in [1.165, 1.54) is 29.9 Å². The number of carbonyl (C=O) groups excluding carboxylic acids is 1. The predicted molar refractivity (Wildman–Crippen MR) is 130 cm³/mol. The molecule has 1 radical (unpaired) electrons. The Balaban J connectivity index is 0.000000246. The molecule has 3 aromatic rings. The molecule has 1 aromatic carbocycles. The van der Waals surface area contributed by atoms with Gasteiger partial charge in [-0.2, -0.15) is 0 Å². The molecule has 0 saturated heterocycles. The number of hydrogen-bond donors (Lipinski definition) is 1. The van der Waals surface area contributed by atoms with E-state index in [0.717, 1.165) is 35.4 Å². The van der Waals surface area contributed by atoms with Crippen LogP contribution in [0.15, 0.2) is 52.8 Å². The molecular weight excluding hydrogens is 591 g/mol. The van der Waals surface area contributed by atoms with Crippen molar-refractivity contribution in [2.24, 2.45) is 10.8 Å². The van der Waals surface area contributed by atoms with E-state index in [-0.39, 0.29) is 37.1 Å². The molecule has 5 heteroatoms. The van der Waals surface area contributed by atoms with Crippen molar-refractivity contribution >= 4 is 16.8 Å². The van der Waals surface area contributed by atoms with Crippen LogP contribution in [0.25, 0.3) is 22.2 Å². The first-order valence-electron chi connectivity index (χ1n) is 11.3. The van der Waals surface area contributed by atoms with Gasteiger partial charge in [-0.15, -0.1) is 18.2 Å². The second-order valence-corrected chi connectivity index (χ2v) is 10.4. The number of hydrogen-bond acceptors (Lipinski definition) is 4. The molecule has 0 unspecified atom stereocenters. The monoisotopic (exact) mass is 625 g/mol. The topological polar surface area (TPSA) is 63.3 Å². The fraction of sp³-hybridized carbons (Fsp3) is 0.429. The van der Waals surface area contributed by atoms with Crippen LogP contribution in [0, 0.1) is 16.9 Å². The summed E-state index contributed by atoms with van der Waals surface area (Å²) in [5.41, 5.74) is 3.49. The Morgan fingerprint density at radius 2 is 1.76 bits per heavy atom. The van der Waals surface area contributed by atoms with Crippen molar-refractivity contribution in [3.05, 3.63) is 65.8 Å². The fourth-order valence-corrected chi connectivity index (χ4v) is 3.48. The molecule has 1 aliphatic rings. The van der Waals surface area contributed by atoms with Crippen LogP contribution in [0.2, 0.25) is 0 Å². The molecule has 0 fully saturated rings. The fourth-order valence-electron chi connectivity index (χ4n) is 3.48. The molecule has 0 spiro atoms. The number of allylic oxidation sites excluding steroid dienone is 2. The molecule has 1 aliphatic carbocycles. The van der Waals surface area contributed by atoms with Crippen molar-refractivity contribution in [2.75, 3.05) is 0 Å². The third-order valence-corrected chi connectivity index (χ3v) is 5.61. The largest absolute Gasteiger partial charge is 0.512 e. The van der Waals surface area contributed by atoms with Crippen LogP contribution in [0.1, 0.15) is 65.7 Å². The zero-order valence-electron chi connectivity index (χ0n) is 20.4. The van der Waals surface area contributed by atoms with Gasteiger partial charge in [0.2, 0.25) is 0 Å². The second-order valence-electron chi connectivity index (χ2n) is 10.4. The predicted octanol–water partition coefficient (Wildman–Crippen LogP) is 7.26. The van der Waals surface area contributed by atoms with Crippen LogP contribution in [-0.2, 0) is 37.7 Å². The summed E-state index contributed by atoms with van der Waals surface area (Å²) in [7, 11) is 0. The van der Waals surface area contributed by atoms with Gasteiger partial charge in [-0.05, 0) is 36.6 Å². The Morgan fingerprint density at radius 3 is 2.36 bits per heavy atom. The standard InChI is InChI=1S/C17H14NO.C11H20O2.Ir/c1-2-10-16-12(6-1)13-7-5-8-14(17(13)19-16)15-9-3-4-11-18-15;1-10(2,3)8(12)7-9(13)11(4,5)6;/h3-5,7,9,11H,1-2,6,10H2;7,12H,1-6H3;/q-1;;/b;8-7-;. The van der Waals surface area contributed by atoms with Gasteiger partial charge in [0.25, 0.3) is 0 Å². The van der Waals surface area contributed by atoms with Gasteiger partial charge in [0, 0.05) is 49.6 Å². The van der Waals surface area contributed by atoms with Crippen LogP contribution >= 0.6 is 0 Å². The first-order chi connectivity index (χ1) is 15.0. The third-order valence-electron chi connectivity index (χ3n) is 5.61. The smallest absolute Gasteiger partial charge is 0.164 e. The van der Waals surface area contributed by atoms with E-state index in [0.29, 0.717) is 0 Å². The Labute approximate surface area is 210 Å². The summed E-state index contributed by atoms with van der Waals surface area (Å²) in [5, 5.41) is 10.8. The molecule has 1 N–H and O–H groups in total. The van der Waals surface area contributed by atoms with Gasteiger partial charge >= 0.3 is 0 Å². The normalized spacial score (nSPS) is 14.1. The van der Waals surface area contributed by atoms with Gasteiger partial charge in [-0.3, -0.25) is 4.79 Å². The van der Waals surface area contributed by atoms with Gasteiger partial charge in [-0.25, -0.2) is 0 Å². The van der Waals surface area contributed by atoms with Crippen molar-refractivity contribution in [1.29, 1.82) is 0 Å². The summed E-state index contributed by atoms with van der Waals surface area (Å²) >= 11 is 0. The molecule has 0 aliphatic heterocycles. The Bertz CT molecular complexity index is 1120. The summed E-state index contributed by atoms with van der Waals surface area (Å²) in [5.74, 6) is 1.27. The van der Waals surface area contributed by atoms with E-state index in [1.54, 1.807) is 0 Å². The average molecular weight is 625 g/mol. The van der Waals surface area contributed by atoms with Crippen molar-refractivity contribution in [3.63, 3.8) is 0 Å². The van der Waals surface area contributed by atoms with E-state index < -0.39 is 5.41 Å². The minimum absolute atomic E-state index is 0. The number of fused-ring (bicyclic) bond motifs is 3. The number of aliphatic hydroxyl groups is 1. The van der Waals surface area contributed by atoms with Crippen molar-refractivity contribution in [3.8, 4) is 11.3 Å². The number of aromatic nitrogens is 1. The molecular formula is C28H34IrNO3-. The molecule has 0 atom stereocenters. The summed E-state index contributed by atoms with van der Waals surface area (Å²) in [6.07, 6.45) is 7.83. The van der Waals surface area contributed by atoms with Gasteiger partial charge in [0.05, 0.1) is 11.3 Å². The van der Waals surface area contributed by atoms with Crippen molar-refractivity contribution < 1.29 is 34.4 Å². The SMILES string of the molecule is CC(C)(C)C(=O)/C=C(\O)C(C)(C)C.[Ir].[c-]1ccc2c3c(oc2c1-c1ccccn1)CCCC3. The number of carbonyl (C=O) groups is 1. The number of ketones is 1. The molecule has 0 amide bonds. The second kappa shape index (κ2) is 10.8. The summed E-state index contributed by atoms with van der Waals surface area (Å²) in [6, 6.07) is 13.3. The first-order valence-corrected chi connectivity index (χ1v) is 11.3. The number of nitrogens with zero attached hydrogens (tertiary/aromatic N) is 1. The molecule has 0 saturated carbocycles. The molecule has 33 heavy (non-hydrogen) atoms. The van der Waals surface area contributed by atoms with Crippen LogP contribution in [0.4, 0.5) is 0 Å². The number of benzene rings is 1. The van der Waals surface area contributed by atoms with Gasteiger partial charge in [0.1, 0.15) is 5.76 Å². The number of furan rings is 1. The van der Waals surface area contributed by atoms with Crippen LogP contribution in [-0.4, -0.2) is 15.9 Å². The van der Waals surface area contributed by atoms with Crippen LogP contribution < -0.4 is 0 Å². The Hall–Kier alpha value is -2.23. The van der Waals surface area contributed by atoms with Gasteiger partial charge in [0.15, 0.2) is 5.78 Å². The summed E-state index contributed by atoms with van der Waals surface area (Å²) in [6.45, 7) is 11.1.